The molecule has 1 aliphatic heterocycles. The number of fused-ring (bicyclic) bond motifs is 4. The molecule has 7 heteroatoms. The smallest absolute Gasteiger partial charge is 0.274 e. The number of methoxy groups -OCH3 is 3. The number of alkyl halides is 1. The van der Waals surface area contributed by atoms with Gasteiger partial charge >= 0.3 is 0 Å². The molecule has 0 fully saturated rings. The van der Waals surface area contributed by atoms with Crippen molar-refractivity contribution in [3.63, 3.8) is 0 Å². The first-order valence-corrected chi connectivity index (χ1v) is 11.9. The van der Waals surface area contributed by atoms with Crippen molar-refractivity contribution in [2.45, 2.75) is 20.3 Å². The number of anilines is 1. The van der Waals surface area contributed by atoms with E-state index >= 15 is 0 Å². The normalized spacial score (nSPS) is 11.8. The van der Waals surface area contributed by atoms with Crippen LogP contribution in [0.2, 0.25) is 0 Å². The van der Waals surface area contributed by atoms with Crippen LogP contribution in [0.1, 0.15) is 29.9 Å². The molecule has 1 amide bonds. The number of ether oxygens (including phenoxy) is 3. The van der Waals surface area contributed by atoms with Gasteiger partial charge in [-0.15, -0.1) is 11.6 Å². The van der Waals surface area contributed by atoms with E-state index in [1.54, 1.807) is 21.3 Å². The third kappa shape index (κ3) is 4.26. The van der Waals surface area contributed by atoms with Crippen LogP contribution in [0.5, 0.6) is 17.2 Å². The maximum Gasteiger partial charge on any atom is 0.274 e. The monoisotopic (exact) mass is 482 g/mol. The van der Waals surface area contributed by atoms with Gasteiger partial charge in [-0.25, -0.2) is 0 Å². The topological polar surface area (TPSA) is 63.8 Å². The van der Waals surface area contributed by atoms with Crippen LogP contribution >= 0.6 is 11.6 Å². The molecular formula is C27H31ClN2O4. The number of aromatic nitrogens is 1. The number of rotatable bonds is 4. The van der Waals surface area contributed by atoms with Crippen LogP contribution in [0.25, 0.3) is 21.7 Å². The quantitative estimate of drug-likeness (QED) is 0.340. The maximum atomic E-state index is 13.4. The minimum atomic E-state index is -0.0692. The van der Waals surface area contributed by atoms with Gasteiger partial charge in [-0.1, -0.05) is 44.2 Å². The Morgan fingerprint density at radius 2 is 1.62 bits per heavy atom. The molecule has 2 heterocycles. The summed E-state index contributed by atoms with van der Waals surface area (Å²) in [6, 6.07) is 16.1. The third-order valence-electron chi connectivity index (χ3n) is 5.79. The summed E-state index contributed by atoms with van der Waals surface area (Å²) in [7, 11) is 4.71. The summed E-state index contributed by atoms with van der Waals surface area (Å²) in [6.45, 7) is 4.65. The summed E-state index contributed by atoms with van der Waals surface area (Å²) in [5.41, 5.74) is 3.40. The average molecular weight is 483 g/mol. The predicted octanol–water partition coefficient (Wildman–Crippen LogP) is 6.43. The highest BCUT2D eigenvalue weighted by Crippen LogP contribution is 2.43. The zero-order chi connectivity index (χ0) is 24.8. The molecule has 6 nitrogen and oxygen atoms in total. The SMILES string of the molecule is CC.CCl.COc1cc2cc(C(=O)N3CCc4c3ccc3ccccc43)[nH]c2c(OC)c1OC. The molecule has 0 unspecified atom stereocenters. The highest BCUT2D eigenvalue weighted by molar-refractivity contribution is 6.15. The first-order valence-electron chi connectivity index (χ1n) is 11.2. The summed E-state index contributed by atoms with van der Waals surface area (Å²) in [5.74, 6) is 1.49. The molecule has 0 atom stereocenters. The molecule has 5 rings (SSSR count). The molecule has 0 radical (unpaired) electrons. The number of halogens is 1. The molecule has 1 N–H and O–H groups in total. The zero-order valence-corrected chi connectivity index (χ0v) is 21.2. The molecule has 0 aliphatic carbocycles. The number of hydrogen-bond acceptors (Lipinski definition) is 4. The summed E-state index contributed by atoms with van der Waals surface area (Å²) < 4.78 is 16.4. The van der Waals surface area contributed by atoms with E-state index in [1.165, 1.54) is 22.7 Å². The molecule has 1 aromatic heterocycles. The number of nitrogens with zero attached hydrogens (tertiary/aromatic N) is 1. The van der Waals surface area contributed by atoms with Crippen molar-refractivity contribution in [2.24, 2.45) is 0 Å². The molecule has 1 aliphatic rings. The molecule has 0 spiro atoms. The molecule has 3 aromatic carbocycles. The maximum absolute atomic E-state index is 13.4. The van der Waals surface area contributed by atoms with Crippen molar-refractivity contribution in [1.82, 2.24) is 4.98 Å². The number of hydrogen-bond donors (Lipinski definition) is 1. The second-order valence-corrected chi connectivity index (χ2v) is 7.28. The van der Waals surface area contributed by atoms with E-state index in [1.807, 2.05) is 49.1 Å². The van der Waals surface area contributed by atoms with Crippen molar-refractivity contribution in [3.8, 4) is 17.2 Å². The van der Waals surface area contributed by atoms with Crippen molar-refractivity contribution < 1.29 is 19.0 Å². The first-order chi connectivity index (χ1) is 16.7. The number of H-pyrrole nitrogens is 1. The largest absolute Gasteiger partial charge is 0.493 e. The van der Waals surface area contributed by atoms with Crippen LogP contribution in [-0.2, 0) is 6.42 Å². The van der Waals surface area contributed by atoms with Gasteiger partial charge in [0.1, 0.15) is 5.69 Å². The van der Waals surface area contributed by atoms with E-state index in [-0.39, 0.29) is 5.91 Å². The van der Waals surface area contributed by atoms with Crippen molar-refractivity contribution in [2.75, 3.05) is 39.2 Å². The summed E-state index contributed by atoms with van der Waals surface area (Å²) in [5, 5.41) is 3.23. The van der Waals surface area contributed by atoms with Crippen molar-refractivity contribution in [3.05, 3.63) is 59.8 Å². The van der Waals surface area contributed by atoms with E-state index < -0.39 is 0 Å². The Labute approximate surface area is 205 Å². The van der Waals surface area contributed by atoms with Crippen LogP contribution in [0.4, 0.5) is 5.69 Å². The van der Waals surface area contributed by atoms with Crippen LogP contribution in [0, 0.1) is 0 Å². The molecular weight excluding hydrogens is 452 g/mol. The van der Waals surface area contributed by atoms with Gasteiger partial charge in [0.2, 0.25) is 5.75 Å². The summed E-state index contributed by atoms with van der Waals surface area (Å²) in [4.78, 5) is 18.5. The highest BCUT2D eigenvalue weighted by atomic mass is 35.5. The van der Waals surface area contributed by atoms with Crippen LogP contribution in [0.15, 0.2) is 48.5 Å². The standard InChI is InChI=1S/C24H22N2O4.C2H6.CH3Cl/c1-28-20-13-15-12-18(25-21(15)23(30-3)22(20)29-2)24(27)26-11-10-17-16-7-5-4-6-14(16)8-9-19(17)26;2*1-2/h4-9,12-13,25H,10-11H2,1-3H3;1-2H3;1H3. The van der Waals surface area contributed by atoms with Gasteiger partial charge in [-0.3, -0.25) is 4.79 Å². The van der Waals surface area contributed by atoms with Gasteiger partial charge in [-0.2, -0.15) is 0 Å². The fourth-order valence-electron chi connectivity index (χ4n) is 4.40. The number of benzene rings is 3. The fraction of sp³-hybridized carbons (Fsp3) is 0.296. The van der Waals surface area contributed by atoms with Crippen LogP contribution in [0.3, 0.4) is 0 Å². The zero-order valence-electron chi connectivity index (χ0n) is 20.5. The van der Waals surface area contributed by atoms with E-state index in [4.69, 9.17) is 14.2 Å². The molecule has 0 bridgehead atoms. The molecule has 4 aromatic rings. The predicted molar refractivity (Wildman–Crippen MR) is 140 cm³/mol. The Hall–Kier alpha value is -3.38. The molecule has 34 heavy (non-hydrogen) atoms. The minimum absolute atomic E-state index is 0.0692. The van der Waals surface area contributed by atoms with E-state index in [2.05, 4.69) is 34.8 Å². The van der Waals surface area contributed by atoms with Gasteiger partial charge in [0.25, 0.3) is 5.91 Å². The van der Waals surface area contributed by atoms with Crippen molar-refractivity contribution >= 4 is 44.9 Å². The highest BCUT2D eigenvalue weighted by Gasteiger charge is 2.28. The second kappa shape index (κ2) is 11.2. The van der Waals surface area contributed by atoms with Gasteiger partial charge in [0.05, 0.1) is 26.8 Å². The fourth-order valence-corrected chi connectivity index (χ4v) is 4.40. The number of amides is 1. The Kier molecular flexibility index (Phi) is 8.29. The minimum Gasteiger partial charge on any atom is -0.493 e. The summed E-state index contributed by atoms with van der Waals surface area (Å²) in [6.07, 6.45) is 2.31. The van der Waals surface area contributed by atoms with Crippen LogP contribution < -0.4 is 19.1 Å². The Bertz CT molecular complexity index is 1300. The van der Waals surface area contributed by atoms with Crippen LogP contribution in [-0.4, -0.2) is 45.1 Å². The Morgan fingerprint density at radius 3 is 2.29 bits per heavy atom. The third-order valence-corrected chi connectivity index (χ3v) is 5.79. The average Bonchev–Trinajstić information content (AvgIpc) is 3.54. The Morgan fingerprint density at radius 1 is 0.912 bits per heavy atom. The lowest BCUT2D eigenvalue weighted by atomic mass is 10.0. The lowest BCUT2D eigenvalue weighted by Crippen LogP contribution is -2.29. The number of carbonyl (C=O) groups excluding carboxylic acids is 1. The Balaban J connectivity index is 0.000000771. The van der Waals surface area contributed by atoms with Gasteiger partial charge in [0, 0.05) is 24.0 Å². The van der Waals surface area contributed by atoms with E-state index in [9.17, 15) is 4.79 Å². The van der Waals surface area contributed by atoms with E-state index in [0.29, 0.717) is 35.0 Å². The van der Waals surface area contributed by atoms with Gasteiger partial charge in [-0.05, 0) is 41.0 Å². The number of nitrogens with one attached hydrogen (secondary N) is 1. The van der Waals surface area contributed by atoms with Crippen molar-refractivity contribution in [1.29, 1.82) is 0 Å². The molecule has 0 saturated carbocycles. The van der Waals surface area contributed by atoms with E-state index in [0.717, 1.165) is 17.5 Å². The number of aromatic amines is 1. The first kappa shape index (κ1) is 25.2. The number of carbonyl (C=O) groups is 1. The van der Waals surface area contributed by atoms with Gasteiger partial charge in [0.15, 0.2) is 11.5 Å². The lowest BCUT2D eigenvalue weighted by Gasteiger charge is -2.17. The molecule has 0 saturated heterocycles. The lowest BCUT2D eigenvalue weighted by molar-refractivity contribution is 0.0985. The summed E-state index contributed by atoms with van der Waals surface area (Å²) >= 11 is 4.64. The van der Waals surface area contributed by atoms with Gasteiger partial charge < -0.3 is 24.1 Å². The molecule has 180 valence electrons. The second-order valence-electron chi connectivity index (χ2n) is 7.28.